The van der Waals surface area contributed by atoms with Crippen LogP contribution in [0.5, 0.6) is 5.75 Å². The van der Waals surface area contributed by atoms with Gasteiger partial charge in [-0.05, 0) is 51.8 Å². The smallest absolute Gasteiger partial charge is 0.345 e. The third kappa shape index (κ3) is 4.34. The van der Waals surface area contributed by atoms with E-state index in [9.17, 15) is 4.79 Å². The summed E-state index contributed by atoms with van der Waals surface area (Å²) >= 11 is 0. The van der Waals surface area contributed by atoms with Crippen LogP contribution in [0.1, 0.15) is 33.6 Å². The fraction of sp³-hybridized carbons (Fsp3) is 0.409. The van der Waals surface area contributed by atoms with E-state index in [2.05, 4.69) is 36.1 Å². The van der Waals surface area contributed by atoms with E-state index in [0.29, 0.717) is 10.9 Å². The number of carbonyl (C=O) groups excluding carboxylic acids is 1. The molecule has 1 saturated heterocycles. The lowest BCUT2D eigenvalue weighted by Crippen LogP contribution is -2.29. The predicted molar refractivity (Wildman–Crippen MR) is 108 cm³/mol. The number of carbonyl (C=O) groups is 1. The summed E-state index contributed by atoms with van der Waals surface area (Å²) in [7, 11) is 0.336. The number of hydrogen-bond donors (Lipinski definition) is 0. The highest BCUT2D eigenvalue weighted by Gasteiger charge is 2.29. The number of hydrogen-bond acceptors (Lipinski definition) is 3. The largest absolute Gasteiger partial charge is 0.481 e. The van der Waals surface area contributed by atoms with Gasteiger partial charge in [0, 0.05) is 21.7 Å². The number of rotatable bonds is 5. The van der Waals surface area contributed by atoms with Crippen molar-refractivity contribution in [3.8, 4) is 17.6 Å². The van der Waals surface area contributed by atoms with E-state index in [1.807, 2.05) is 12.1 Å². The summed E-state index contributed by atoms with van der Waals surface area (Å²) in [4.78, 5) is 13.5. The molecule has 1 fully saturated rings. The first-order chi connectivity index (χ1) is 12.5. The van der Waals surface area contributed by atoms with Crippen molar-refractivity contribution in [3.05, 3.63) is 36.4 Å². The highest BCUT2D eigenvalue weighted by atomic mass is 32.2. The van der Waals surface area contributed by atoms with E-state index in [4.69, 9.17) is 9.47 Å². The van der Waals surface area contributed by atoms with Gasteiger partial charge in [-0.1, -0.05) is 24.1 Å². The van der Waals surface area contributed by atoms with Crippen LogP contribution in [-0.4, -0.2) is 29.7 Å². The quantitative estimate of drug-likeness (QED) is 0.447. The van der Waals surface area contributed by atoms with Crippen LogP contribution in [0.2, 0.25) is 0 Å². The summed E-state index contributed by atoms with van der Waals surface area (Å²) in [5, 5.41) is 2.30. The Morgan fingerprint density at radius 2 is 1.81 bits per heavy atom. The second kappa shape index (κ2) is 8.05. The van der Waals surface area contributed by atoms with E-state index in [-0.39, 0.29) is 6.61 Å². The molecule has 136 valence electrons. The van der Waals surface area contributed by atoms with Gasteiger partial charge in [0.15, 0.2) is 17.1 Å². The molecule has 3 rings (SSSR count). The molecule has 26 heavy (non-hydrogen) atoms. The Morgan fingerprint density at radius 3 is 2.50 bits per heavy atom. The van der Waals surface area contributed by atoms with Crippen molar-refractivity contribution in [2.24, 2.45) is 0 Å². The maximum atomic E-state index is 12.1. The van der Waals surface area contributed by atoms with Crippen LogP contribution in [0, 0.1) is 11.8 Å². The zero-order valence-corrected chi connectivity index (χ0v) is 16.4. The van der Waals surface area contributed by atoms with Crippen LogP contribution in [0.15, 0.2) is 41.3 Å². The lowest BCUT2D eigenvalue weighted by Gasteiger charge is -2.19. The second-order valence-electron chi connectivity index (χ2n) is 6.86. The van der Waals surface area contributed by atoms with Crippen LogP contribution in [-0.2, 0) is 20.4 Å². The Kier molecular flexibility index (Phi) is 5.78. The maximum absolute atomic E-state index is 12.1. The van der Waals surface area contributed by atoms with Gasteiger partial charge < -0.3 is 9.47 Å². The highest BCUT2D eigenvalue weighted by Crippen LogP contribution is 2.34. The normalized spacial score (nSPS) is 14.7. The van der Waals surface area contributed by atoms with Gasteiger partial charge in [0.1, 0.15) is 17.3 Å². The average Bonchev–Trinajstić information content (AvgIpc) is 3.13. The molecular formula is C22H25O3S+. The molecule has 0 aromatic heterocycles. The van der Waals surface area contributed by atoms with Gasteiger partial charge in [0.05, 0.1) is 0 Å². The molecule has 2 aromatic carbocycles. The van der Waals surface area contributed by atoms with E-state index < -0.39 is 11.6 Å². The van der Waals surface area contributed by atoms with Crippen molar-refractivity contribution < 1.29 is 14.3 Å². The molecule has 2 aromatic rings. The number of benzene rings is 2. The lowest BCUT2D eigenvalue weighted by atomic mass is 10.1. The minimum Gasteiger partial charge on any atom is -0.481 e. The van der Waals surface area contributed by atoms with Gasteiger partial charge in [-0.2, -0.15) is 0 Å². The summed E-state index contributed by atoms with van der Waals surface area (Å²) in [5.41, 5.74) is -0.801. The third-order valence-electron chi connectivity index (χ3n) is 4.33. The fourth-order valence-corrected chi connectivity index (χ4v) is 5.77. The Morgan fingerprint density at radius 1 is 1.12 bits per heavy atom. The third-order valence-corrected chi connectivity index (χ3v) is 6.87. The molecular weight excluding hydrogens is 344 g/mol. The van der Waals surface area contributed by atoms with Crippen LogP contribution < -0.4 is 4.74 Å². The second-order valence-corrected chi connectivity index (χ2v) is 9.11. The van der Waals surface area contributed by atoms with Crippen molar-refractivity contribution in [2.75, 3.05) is 18.1 Å². The Hall–Kier alpha value is -2.12. The number of esters is 1. The zero-order valence-electron chi connectivity index (χ0n) is 15.6. The predicted octanol–water partition coefficient (Wildman–Crippen LogP) is 4.33. The SMILES string of the molecule is CC#CC(C)(C)OC(=O)COc1ccc([S+]2CCCC2)c2ccccc12. The van der Waals surface area contributed by atoms with Gasteiger partial charge in [-0.15, -0.1) is 5.92 Å². The molecule has 1 aliphatic heterocycles. The lowest BCUT2D eigenvalue weighted by molar-refractivity contribution is -0.154. The molecule has 0 saturated carbocycles. The first-order valence-corrected chi connectivity index (χ1v) is 10.5. The summed E-state index contributed by atoms with van der Waals surface area (Å²) in [6.45, 7) is 5.15. The Bertz CT molecular complexity index is 855. The maximum Gasteiger partial charge on any atom is 0.345 e. The molecule has 1 aliphatic rings. The van der Waals surface area contributed by atoms with E-state index in [1.54, 1.807) is 20.8 Å². The molecule has 3 nitrogen and oxygen atoms in total. The molecule has 1 heterocycles. The average molecular weight is 370 g/mol. The molecule has 4 heteroatoms. The van der Waals surface area contributed by atoms with Crippen molar-refractivity contribution in [3.63, 3.8) is 0 Å². The van der Waals surface area contributed by atoms with Crippen LogP contribution in [0.4, 0.5) is 0 Å². The Labute approximate surface area is 158 Å². The van der Waals surface area contributed by atoms with Gasteiger partial charge in [-0.3, -0.25) is 0 Å². The minimum atomic E-state index is -0.801. The Balaban J connectivity index is 1.77. The van der Waals surface area contributed by atoms with Crippen LogP contribution in [0.25, 0.3) is 10.8 Å². The highest BCUT2D eigenvalue weighted by molar-refractivity contribution is 7.97. The van der Waals surface area contributed by atoms with Crippen molar-refractivity contribution >= 4 is 27.6 Å². The molecule has 0 spiro atoms. The molecule has 0 radical (unpaired) electrons. The van der Waals surface area contributed by atoms with Gasteiger partial charge in [0.2, 0.25) is 0 Å². The van der Waals surface area contributed by atoms with Crippen molar-refractivity contribution in [1.29, 1.82) is 0 Å². The molecule has 0 amide bonds. The number of ether oxygens (including phenoxy) is 2. The monoisotopic (exact) mass is 369 g/mol. The van der Waals surface area contributed by atoms with Crippen molar-refractivity contribution in [1.82, 2.24) is 0 Å². The zero-order chi connectivity index (χ0) is 18.6. The number of fused-ring (bicyclic) bond motifs is 1. The first kappa shape index (κ1) is 18.7. The summed E-state index contributed by atoms with van der Waals surface area (Å²) in [5.74, 6) is 8.52. The fourth-order valence-electron chi connectivity index (χ4n) is 3.27. The van der Waals surface area contributed by atoms with E-state index >= 15 is 0 Å². The summed E-state index contributed by atoms with van der Waals surface area (Å²) in [6, 6.07) is 12.5. The first-order valence-electron chi connectivity index (χ1n) is 8.98. The molecule has 0 unspecified atom stereocenters. The van der Waals surface area contributed by atoms with Crippen LogP contribution in [0.3, 0.4) is 0 Å². The topological polar surface area (TPSA) is 35.5 Å². The van der Waals surface area contributed by atoms with Crippen LogP contribution >= 0.6 is 0 Å². The molecule has 0 N–H and O–H groups in total. The molecule has 0 bridgehead atoms. The summed E-state index contributed by atoms with van der Waals surface area (Å²) < 4.78 is 11.2. The minimum absolute atomic E-state index is 0.121. The summed E-state index contributed by atoms with van der Waals surface area (Å²) in [6.07, 6.45) is 2.63. The van der Waals surface area contributed by atoms with Crippen molar-refractivity contribution in [2.45, 2.75) is 44.1 Å². The van der Waals surface area contributed by atoms with Gasteiger partial charge in [-0.25, -0.2) is 4.79 Å². The van der Waals surface area contributed by atoms with Gasteiger partial charge >= 0.3 is 5.97 Å². The van der Waals surface area contributed by atoms with E-state index in [0.717, 1.165) is 11.1 Å². The molecule has 0 aliphatic carbocycles. The standard InChI is InChI=1S/C22H25O3S/c1-4-13-22(2,3)25-21(23)16-24-19-11-12-20(26-14-7-8-15-26)18-10-6-5-9-17(18)19/h5-6,9-12H,7-8,14-16H2,1-3H3/q+1. The van der Waals surface area contributed by atoms with Gasteiger partial charge in [0.25, 0.3) is 0 Å². The van der Waals surface area contributed by atoms with E-state index in [1.165, 1.54) is 34.6 Å². The molecule has 0 atom stereocenters.